The summed E-state index contributed by atoms with van der Waals surface area (Å²) in [6, 6.07) is 10.1. The van der Waals surface area contributed by atoms with Crippen molar-refractivity contribution in [3.8, 4) is 0 Å². The summed E-state index contributed by atoms with van der Waals surface area (Å²) in [6.07, 6.45) is 0.562. The zero-order valence-electron chi connectivity index (χ0n) is 15.0. The lowest BCUT2D eigenvalue weighted by atomic mass is 9.96. The minimum Gasteiger partial charge on any atom is -0.335 e. The van der Waals surface area contributed by atoms with Crippen LogP contribution in [0.3, 0.4) is 0 Å². The normalized spacial score (nSPS) is 13.9. The summed E-state index contributed by atoms with van der Waals surface area (Å²) >= 11 is 0. The van der Waals surface area contributed by atoms with Gasteiger partial charge in [0.1, 0.15) is 5.82 Å². The molecule has 0 fully saturated rings. The maximum absolute atomic E-state index is 13.1. The van der Waals surface area contributed by atoms with Gasteiger partial charge in [-0.15, -0.1) is 0 Å². The first-order valence-corrected chi connectivity index (χ1v) is 8.65. The number of rotatable bonds is 5. The summed E-state index contributed by atoms with van der Waals surface area (Å²) in [4.78, 5) is 35.7. The van der Waals surface area contributed by atoms with Crippen molar-refractivity contribution in [3.63, 3.8) is 0 Å². The summed E-state index contributed by atoms with van der Waals surface area (Å²) in [5, 5.41) is 7.80. The number of nitrogens with one attached hydrogen (secondary N) is 3. The molecule has 2 aromatic rings. The molecule has 0 bridgehead atoms. The second-order valence-electron chi connectivity index (χ2n) is 6.82. The van der Waals surface area contributed by atoms with E-state index in [1.54, 1.807) is 18.2 Å². The Balaban J connectivity index is 1.66. The molecule has 4 amide bonds. The maximum atomic E-state index is 13.1. The summed E-state index contributed by atoms with van der Waals surface area (Å²) in [5.74, 6) is -1.06. The quantitative estimate of drug-likeness (QED) is 0.708. The van der Waals surface area contributed by atoms with Gasteiger partial charge in [-0.05, 0) is 48.2 Å². The molecule has 27 heavy (non-hydrogen) atoms. The molecule has 140 valence electrons. The summed E-state index contributed by atoms with van der Waals surface area (Å²) < 4.78 is 13.1. The van der Waals surface area contributed by atoms with Gasteiger partial charge in [-0.25, -0.2) is 9.18 Å². The fourth-order valence-corrected chi connectivity index (χ4v) is 2.91. The van der Waals surface area contributed by atoms with Crippen molar-refractivity contribution < 1.29 is 18.8 Å². The minimum atomic E-state index is -0.476. The smallest absolute Gasteiger partial charge is 0.319 e. The average Bonchev–Trinajstić information content (AvgIpc) is 2.90. The summed E-state index contributed by atoms with van der Waals surface area (Å²) in [6.45, 7) is 3.97. The number of fused-ring (bicyclic) bond motifs is 1. The van der Waals surface area contributed by atoms with E-state index in [4.69, 9.17) is 0 Å². The molecular formula is C20H20FN3O3. The predicted molar refractivity (Wildman–Crippen MR) is 99.1 cm³/mol. The van der Waals surface area contributed by atoms with Crippen LogP contribution in [0.2, 0.25) is 0 Å². The van der Waals surface area contributed by atoms with Gasteiger partial charge in [-0.1, -0.05) is 26.0 Å². The van der Waals surface area contributed by atoms with Crippen LogP contribution in [0.15, 0.2) is 42.5 Å². The zero-order valence-corrected chi connectivity index (χ0v) is 15.0. The van der Waals surface area contributed by atoms with Crippen molar-refractivity contribution in [2.75, 3.05) is 5.32 Å². The Hall–Kier alpha value is -3.22. The third-order valence-corrected chi connectivity index (χ3v) is 4.48. The van der Waals surface area contributed by atoms with Gasteiger partial charge in [0.15, 0.2) is 0 Å². The molecule has 0 saturated heterocycles. The van der Waals surface area contributed by atoms with Crippen LogP contribution in [0, 0.1) is 11.7 Å². The summed E-state index contributed by atoms with van der Waals surface area (Å²) in [5.41, 5.74) is 1.87. The minimum absolute atomic E-state index is 0.157. The van der Waals surface area contributed by atoms with E-state index < -0.39 is 17.8 Å². The van der Waals surface area contributed by atoms with Gasteiger partial charge in [0, 0.05) is 11.7 Å². The van der Waals surface area contributed by atoms with E-state index in [9.17, 15) is 18.8 Å². The maximum Gasteiger partial charge on any atom is 0.319 e. The number of imide groups is 1. The Morgan fingerprint density at radius 2 is 1.70 bits per heavy atom. The van der Waals surface area contributed by atoms with Crippen molar-refractivity contribution in [3.05, 3.63) is 65.0 Å². The van der Waals surface area contributed by atoms with Crippen LogP contribution < -0.4 is 16.0 Å². The molecule has 0 aliphatic carbocycles. The molecule has 0 aromatic heterocycles. The number of hydrogen-bond acceptors (Lipinski definition) is 3. The lowest BCUT2D eigenvalue weighted by Gasteiger charge is -2.23. The standard InChI is InChI=1S/C20H20FN3O3/c1-11(2)17(9-12-3-5-13(21)6-4-12)23-20(27)22-14-7-8-15-16(10-14)19(26)24-18(15)25/h3-8,10-11,17H,9H2,1-2H3,(H2,22,23,27)(H,24,25,26)/t17-/m0/s1. The van der Waals surface area contributed by atoms with Crippen LogP contribution in [0.25, 0.3) is 0 Å². The van der Waals surface area contributed by atoms with Gasteiger partial charge in [0.2, 0.25) is 0 Å². The molecule has 0 spiro atoms. The number of hydrogen-bond donors (Lipinski definition) is 3. The molecule has 3 rings (SSSR count). The molecule has 1 heterocycles. The molecule has 6 nitrogen and oxygen atoms in total. The lowest BCUT2D eigenvalue weighted by Crippen LogP contribution is -2.42. The monoisotopic (exact) mass is 369 g/mol. The highest BCUT2D eigenvalue weighted by molar-refractivity contribution is 6.22. The third kappa shape index (κ3) is 4.31. The van der Waals surface area contributed by atoms with Crippen LogP contribution >= 0.6 is 0 Å². The zero-order chi connectivity index (χ0) is 19.6. The highest BCUT2D eigenvalue weighted by atomic mass is 19.1. The first-order chi connectivity index (χ1) is 12.8. The molecule has 1 aliphatic rings. The van der Waals surface area contributed by atoms with E-state index >= 15 is 0 Å². The number of anilines is 1. The highest BCUT2D eigenvalue weighted by Gasteiger charge is 2.27. The van der Waals surface area contributed by atoms with Crippen LogP contribution in [0.4, 0.5) is 14.9 Å². The Kier molecular flexibility index (Phi) is 5.21. The molecular weight excluding hydrogens is 349 g/mol. The molecule has 2 aromatic carbocycles. The van der Waals surface area contributed by atoms with Gasteiger partial charge in [-0.2, -0.15) is 0 Å². The van der Waals surface area contributed by atoms with E-state index in [1.807, 2.05) is 13.8 Å². The number of carbonyl (C=O) groups is 3. The molecule has 0 saturated carbocycles. The van der Waals surface area contributed by atoms with Crippen molar-refractivity contribution in [1.82, 2.24) is 10.6 Å². The molecule has 3 N–H and O–H groups in total. The number of halogens is 1. The number of carbonyl (C=O) groups excluding carboxylic acids is 3. The van der Waals surface area contributed by atoms with Gasteiger partial charge < -0.3 is 10.6 Å². The van der Waals surface area contributed by atoms with E-state index in [2.05, 4.69) is 16.0 Å². The largest absolute Gasteiger partial charge is 0.335 e. The number of benzene rings is 2. The van der Waals surface area contributed by atoms with E-state index in [0.29, 0.717) is 17.7 Å². The predicted octanol–water partition coefficient (Wildman–Crippen LogP) is 3.10. The Morgan fingerprint density at radius 3 is 2.37 bits per heavy atom. The van der Waals surface area contributed by atoms with Crippen LogP contribution in [0.1, 0.15) is 40.1 Å². The molecule has 1 atom stereocenters. The Labute approximate surface area is 156 Å². The van der Waals surface area contributed by atoms with Gasteiger partial charge in [0.05, 0.1) is 11.1 Å². The van der Waals surface area contributed by atoms with Crippen molar-refractivity contribution >= 4 is 23.5 Å². The first kappa shape index (κ1) is 18.6. The average molecular weight is 369 g/mol. The third-order valence-electron chi connectivity index (χ3n) is 4.48. The van der Waals surface area contributed by atoms with Crippen LogP contribution in [-0.2, 0) is 6.42 Å². The van der Waals surface area contributed by atoms with E-state index in [-0.39, 0.29) is 23.3 Å². The topological polar surface area (TPSA) is 87.3 Å². The molecule has 0 unspecified atom stereocenters. The van der Waals surface area contributed by atoms with E-state index in [1.165, 1.54) is 24.3 Å². The second-order valence-corrected chi connectivity index (χ2v) is 6.82. The Morgan fingerprint density at radius 1 is 1.04 bits per heavy atom. The van der Waals surface area contributed by atoms with Crippen molar-refractivity contribution in [2.24, 2.45) is 5.92 Å². The molecule has 0 radical (unpaired) electrons. The number of urea groups is 1. The fourth-order valence-electron chi connectivity index (χ4n) is 2.91. The molecule has 7 heteroatoms. The second kappa shape index (κ2) is 7.57. The summed E-state index contributed by atoms with van der Waals surface area (Å²) in [7, 11) is 0. The molecule has 1 aliphatic heterocycles. The Bertz CT molecular complexity index is 894. The van der Waals surface area contributed by atoms with Crippen molar-refractivity contribution in [1.29, 1.82) is 0 Å². The lowest BCUT2D eigenvalue weighted by molar-refractivity contribution is 0.0879. The van der Waals surface area contributed by atoms with Gasteiger partial charge >= 0.3 is 6.03 Å². The van der Waals surface area contributed by atoms with Crippen LogP contribution in [0.5, 0.6) is 0 Å². The highest BCUT2D eigenvalue weighted by Crippen LogP contribution is 2.20. The first-order valence-electron chi connectivity index (χ1n) is 8.65. The van der Waals surface area contributed by atoms with Gasteiger partial charge in [0.25, 0.3) is 11.8 Å². The number of amides is 4. The fraction of sp³-hybridized carbons (Fsp3) is 0.250. The van der Waals surface area contributed by atoms with Gasteiger partial charge in [-0.3, -0.25) is 14.9 Å². The van der Waals surface area contributed by atoms with Crippen LogP contribution in [-0.4, -0.2) is 23.9 Å². The van der Waals surface area contributed by atoms with Crippen molar-refractivity contribution in [2.45, 2.75) is 26.3 Å². The SMILES string of the molecule is CC(C)[C@H](Cc1ccc(F)cc1)NC(=O)Nc1ccc2c(c1)C(=O)NC2=O. The van der Waals surface area contributed by atoms with E-state index in [0.717, 1.165) is 5.56 Å².